The van der Waals surface area contributed by atoms with Gasteiger partial charge in [-0.1, -0.05) is 0 Å². The van der Waals surface area contributed by atoms with Gasteiger partial charge >= 0.3 is 5.97 Å². The lowest BCUT2D eigenvalue weighted by Gasteiger charge is -2.12. The number of rotatable bonds is 14. The first-order valence-electron chi connectivity index (χ1n) is 17.9. The van der Waals surface area contributed by atoms with Crippen LogP contribution in [-0.2, 0) is 45.3 Å². The number of phenolic OH excluding ortho intramolecular Hbond substituents is 1. The number of carboxylic acids is 1. The van der Waals surface area contributed by atoms with Crippen LogP contribution in [0, 0.1) is 6.92 Å². The molecule has 1 amide bonds. The van der Waals surface area contributed by atoms with E-state index < -0.39 is 117 Å². The Balaban J connectivity index is 1.43. The second-order valence-electron chi connectivity index (χ2n) is 13.5. The zero-order valence-corrected chi connectivity index (χ0v) is 37.0. The third kappa shape index (κ3) is 10.4. The number of aromatic hydroxyl groups is 1. The number of methoxy groups -OCH3 is 1. The Morgan fingerprint density at radius 1 is 0.657 bits per heavy atom. The van der Waals surface area contributed by atoms with E-state index in [2.05, 4.69) is 41.1 Å². The summed E-state index contributed by atoms with van der Waals surface area (Å²) >= 11 is 0. The van der Waals surface area contributed by atoms with E-state index in [1.165, 1.54) is 39.2 Å². The van der Waals surface area contributed by atoms with Gasteiger partial charge in [-0.25, -0.2) is 9.48 Å². The summed E-state index contributed by atoms with van der Waals surface area (Å²) in [6, 6.07) is 11.9. The van der Waals surface area contributed by atoms with Gasteiger partial charge < -0.3 is 20.3 Å². The van der Waals surface area contributed by atoms with Crippen molar-refractivity contribution in [2.75, 3.05) is 12.4 Å². The van der Waals surface area contributed by atoms with Crippen LogP contribution >= 0.6 is 0 Å². The Hall–Kier alpha value is -7.65. The van der Waals surface area contributed by atoms with Gasteiger partial charge in [0.05, 0.1) is 23.4 Å². The summed E-state index contributed by atoms with van der Waals surface area (Å²) in [4.78, 5) is 33.0. The predicted octanol–water partition coefficient (Wildman–Crippen LogP) is 6.23. The highest BCUT2D eigenvalue weighted by atomic mass is 32.2. The predicted molar refractivity (Wildman–Crippen MR) is 229 cm³/mol. The van der Waals surface area contributed by atoms with E-state index in [4.69, 9.17) is 4.74 Å². The number of aryl methyl sites for hydroxylation is 1. The molecule has 0 atom stereocenters. The van der Waals surface area contributed by atoms with E-state index >= 15 is 0 Å². The number of ether oxygens (including phenoxy) is 1. The van der Waals surface area contributed by atoms with E-state index in [1.807, 2.05) is 0 Å². The highest BCUT2D eigenvalue weighted by Crippen LogP contribution is 2.46. The van der Waals surface area contributed by atoms with Crippen LogP contribution in [0.5, 0.6) is 11.5 Å². The molecule has 5 aromatic carbocycles. The number of amides is 1. The van der Waals surface area contributed by atoms with E-state index in [0.717, 1.165) is 48.5 Å². The normalized spacial score (nSPS) is 12.7. The highest BCUT2D eigenvalue weighted by molar-refractivity contribution is 7.87. The number of fused-ring (bicyclic) bond motifs is 1. The van der Waals surface area contributed by atoms with E-state index in [-0.39, 0.29) is 39.7 Å². The van der Waals surface area contributed by atoms with Crippen LogP contribution in [0.4, 0.5) is 39.8 Å². The van der Waals surface area contributed by atoms with Gasteiger partial charge in [0.25, 0.3) is 46.0 Å². The van der Waals surface area contributed by atoms with Gasteiger partial charge in [0, 0.05) is 29.4 Å². The number of carbonyl (C=O) groups is 2. The van der Waals surface area contributed by atoms with Crippen LogP contribution in [0.3, 0.4) is 0 Å². The molecule has 0 unspecified atom stereocenters. The van der Waals surface area contributed by atoms with Crippen molar-refractivity contribution < 1.29 is 76.4 Å². The SMILES string of the molecule is COc1cc(N=Nc2ccc(NC(C)=O)cc2S(=O)(=O)O)c(C)cc1N=Nc1c(S(=O)(=O)O)cc2c(S(=O)(=O)O)c(N=Nc3c(C(=O)O)[nH]n(-c4ccc(S(=O)(=O)O)cc4)c3=O)ccc2c1O. The Labute approximate surface area is 375 Å². The number of nitrogens with zero attached hydrogens (tertiary/aromatic N) is 7. The molecule has 350 valence electrons. The molecule has 0 saturated heterocycles. The molecule has 1 aromatic heterocycles. The number of carbonyl (C=O) groups excluding carboxylic acids is 1. The standard InChI is InChI=1S/C36H29N9O18S4/c1-16-12-26(27(63-3)15-25(16)40-38-23-10-4-18(37-17(2)46)13-28(23)65(54,55)56)41-42-30-29(66(57,58)59)14-22-21(33(30)47)9-11-24(34(22)67(60,61)62)39-43-31-32(36(49)50)44-45(35(31)48)19-5-7-20(8-6-19)64(51,52)53/h4-15,44,47H,1-3H3,(H,37,46)(H,49,50)(H,51,52,53)(H,54,55,56)(H,57,58,59)(H,60,61,62). The van der Waals surface area contributed by atoms with E-state index in [1.54, 1.807) is 0 Å². The van der Waals surface area contributed by atoms with Gasteiger partial charge in [-0.2, -0.15) is 38.8 Å². The molecule has 67 heavy (non-hydrogen) atoms. The Bertz CT molecular complexity index is 3700. The largest absolute Gasteiger partial charge is 0.505 e. The van der Waals surface area contributed by atoms with Crippen molar-refractivity contribution in [3.05, 3.63) is 94.4 Å². The Kier molecular flexibility index (Phi) is 13.1. The summed E-state index contributed by atoms with van der Waals surface area (Å²) in [5, 5.41) is 47.1. The minimum absolute atomic E-state index is 0.0294. The first kappa shape index (κ1) is 48.8. The second kappa shape index (κ2) is 18.0. The molecule has 0 fully saturated rings. The van der Waals surface area contributed by atoms with Crippen LogP contribution in [0.2, 0.25) is 0 Å². The average Bonchev–Trinajstić information content (AvgIpc) is 3.56. The van der Waals surface area contributed by atoms with Crippen LogP contribution < -0.4 is 15.6 Å². The zero-order valence-electron chi connectivity index (χ0n) is 33.8. The van der Waals surface area contributed by atoms with Gasteiger partial charge in [-0.05, 0) is 79.2 Å². The minimum atomic E-state index is -5.52. The molecular weight excluding hydrogens is 975 g/mol. The quantitative estimate of drug-likeness (QED) is 0.0442. The lowest BCUT2D eigenvalue weighted by Crippen LogP contribution is -2.14. The summed E-state index contributed by atoms with van der Waals surface area (Å²) in [7, 11) is -19.3. The molecule has 6 aromatic rings. The van der Waals surface area contributed by atoms with Crippen LogP contribution in [0.15, 0.2) is 128 Å². The first-order chi connectivity index (χ1) is 31.1. The van der Waals surface area contributed by atoms with Crippen LogP contribution in [-0.4, -0.2) is 90.9 Å². The fourth-order valence-electron chi connectivity index (χ4n) is 6.06. The summed E-state index contributed by atoms with van der Waals surface area (Å²) in [5.74, 6) is -3.58. The van der Waals surface area contributed by atoms with Crippen molar-refractivity contribution in [1.82, 2.24) is 9.78 Å². The van der Waals surface area contributed by atoms with Crippen molar-refractivity contribution in [2.45, 2.75) is 33.4 Å². The maximum Gasteiger partial charge on any atom is 0.356 e. The summed E-state index contributed by atoms with van der Waals surface area (Å²) in [6.45, 7) is 2.65. The van der Waals surface area contributed by atoms with Crippen molar-refractivity contribution in [3.8, 4) is 17.2 Å². The number of hydrogen-bond acceptors (Lipinski definition) is 19. The number of phenols is 1. The number of H-pyrrole nitrogens is 1. The number of aromatic amines is 1. The fourth-order valence-corrected chi connectivity index (χ4v) is 8.65. The van der Waals surface area contributed by atoms with Crippen molar-refractivity contribution in [2.24, 2.45) is 30.7 Å². The Morgan fingerprint density at radius 2 is 1.24 bits per heavy atom. The minimum Gasteiger partial charge on any atom is -0.505 e. The molecule has 0 radical (unpaired) electrons. The fraction of sp³-hybridized carbons (Fsp3) is 0.0833. The monoisotopic (exact) mass is 1000 g/mol. The smallest absolute Gasteiger partial charge is 0.356 e. The lowest BCUT2D eigenvalue weighted by atomic mass is 10.1. The van der Waals surface area contributed by atoms with Gasteiger partial charge in [-0.3, -0.25) is 32.9 Å². The third-order valence-corrected chi connectivity index (χ3v) is 12.6. The summed E-state index contributed by atoms with van der Waals surface area (Å²) in [5.41, 5.74) is -5.31. The molecule has 0 bridgehead atoms. The lowest BCUT2D eigenvalue weighted by molar-refractivity contribution is -0.114. The second-order valence-corrected chi connectivity index (χ2v) is 19.1. The molecule has 0 aliphatic heterocycles. The highest BCUT2D eigenvalue weighted by Gasteiger charge is 2.29. The maximum absolute atomic E-state index is 13.3. The molecule has 0 aliphatic carbocycles. The average molecular weight is 1000 g/mol. The van der Waals surface area contributed by atoms with Crippen molar-refractivity contribution >= 4 is 103 Å². The molecule has 1 heterocycles. The number of aromatic nitrogens is 2. The Morgan fingerprint density at radius 3 is 1.81 bits per heavy atom. The molecule has 27 nitrogen and oxygen atoms in total. The van der Waals surface area contributed by atoms with E-state index in [9.17, 15) is 76.5 Å². The summed E-state index contributed by atoms with van der Waals surface area (Å²) < 4.78 is 144. The number of hydrogen-bond donors (Lipinski definition) is 8. The van der Waals surface area contributed by atoms with Crippen molar-refractivity contribution in [3.63, 3.8) is 0 Å². The van der Waals surface area contributed by atoms with Gasteiger partial charge in [0.15, 0.2) is 17.1 Å². The van der Waals surface area contributed by atoms with Gasteiger partial charge in [0.2, 0.25) is 5.91 Å². The molecule has 6 rings (SSSR count). The molecule has 31 heteroatoms. The van der Waals surface area contributed by atoms with Crippen LogP contribution in [0.25, 0.3) is 16.5 Å². The number of benzene rings is 5. The summed E-state index contributed by atoms with van der Waals surface area (Å²) in [6.07, 6.45) is 0. The number of nitrogens with one attached hydrogen (secondary N) is 2. The zero-order chi connectivity index (χ0) is 49.6. The molecule has 0 saturated carbocycles. The number of anilines is 1. The molecular formula is C36H29N9O18S4. The van der Waals surface area contributed by atoms with Crippen molar-refractivity contribution in [1.29, 1.82) is 0 Å². The third-order valence-electron chi connectivity index (χ3n) is 9.01. The number of azo groups is 3. The van der Waals surface area contributed by atoms with Gasteiger partial charge in [0.1, 0.15) is 43.2 Å². The number of carboxylic acid groups (broad SMARTS) is 1. The van der Waals surface area contributed by atoms with Crippen LogP contribution in [0.1, 0.15) is 23.0 Å². The van der Waals surface area contributed by atoms with Gasteiger partial charge in [-0.15, -0.1) is 25.6 Å². The molecule has 0 aliphatic rings. The maximum atomic E-state index is 13.3. The van der Waals surface area contributed by atoms with E-state index in [0.29, 0.717) is 10.7 Å². The number of aromatic carboxylic acids is 1. The first-order valence-corrected chi connectivity index (χ1v) is 23.6. The topological polar surface area (TPSA) is 425 Å². The molecule has 8 N–H and O–H groups in total. The molecule has 0 spiro atoms.